The quantitative estimate of drug-likeness (QED) is 0.729. The molecule has 0 amide bonds. The van der Waals surface area contributed by atoms with Gasteiger partial charge in [0.1, 0.15) is 17.3 Å². The molecule has 3 nitrogen and oxygen atoms in total. The van der Waals surface area contributed by atoms with Gasteiger partial charge in [-0.2, -0.15) is 0 Å². The molecule has 3 aromatic rings. The molecule has 3 rings (SSSR count). The summed E-state index contributed by atoms with van der Waals surface area (Å²) in [6.45, 7) is 1.88. The Labute approximate surface area is 108 Å². The van der Waals surface area contributed by atoms with Crippen molar-refractivity contribution >= 4 is 11.3 Å². The van der Waals surface area contributed by atoms with Crippen LogP contribution in [0.3, 0.4) is 0 Å². The number of nitrogen functional groups attached to an aromatic ring is 1. The molecule has 0 spiro atoms. The third kappa shape index (κ3) is 2.03. The minimum atomic E-state index is -0.622. The zero-order valence-electron chi connectivity index (χ0n) is 10.2. The lowest BCUT2D eigenvalue weighted by Gasteiger charge is -1.98. The second-order valence-electron chi connectivity index (χ2n) is 4.47. The summed E-state index contributed by atoms with van der Waals surface area (Å²) in [5, 5.41) is 0. The fourth-order valence-corrected chi connectivity index (χ4v) is 2.14. The van der Waals surface area contributed by atoms with Crippen LogP contribution in [0, 0.1) is 18.6 Å². The van der Waals surface area contributed by atoms with Gasteiger partial charge in [-0.25, -0.2) is 13.8 Å². The average Bonchev–Trinajstić information content (AvgIpc) is 2.71. The molecule has 0 bridgehead atoms. The number of pyridine rings is 1. The molecule has 0 radical (unpaired) electrons. The molecule has 0 fully saturated rings. The maximum absolute atomic E-state index is 13.2. The van der Waals surface area contributed by atoms with E-state index in [0.717, 1.165) is 11.6 Å². The number of nitrogens with zero attached hydrogens (tertiary/aromatic N) is 2. The first-order valence-corrected chi connectivity index (χ1v) is 5.74. The van der Waals surface area contributed by atoms with E-state index in [1.54, 1.807) is 22.9 Å². The molecule has 0 atom stereocenters. The summed E-state index contributed by atoms with van der Waals surface area (Å²) in [6, 6.07) is 5.15. The van der Waals surface area contributed by atoms with Crippen LogP contribution in [0.15, 0.2) is 36.7 Å². The third-order valence-corrected chi connectivity index (χ3v) is 2.91. The molecular weight excluding hydrogens is 248 g/mol. The minimum Gasteiger partial charge on any atom is -0.398 e. The predicted molar refractivity (Wildman–Crippen MR) is 69.7 cm³/mol. The number of rotatable bonds is 1. The standard InChI is InChI=1S/C14H11F2N3/c1-8-2-12(17)6-19-7-13(18-14(8)19)9-3-10(15)5-11(16)4-9/h2-7H,17H2,1H3. The molecule has 2 heterocycles. The van der Waals surface area contributed by atoms with Crippen molar-refractivity contribution in [1.82, 2.24) is 9.38 Å². The Hall–Kier alpha value is -2.43. The molecule has 1 aromatic carbocycles. The van der Waals surface area contributed by atoms with Gasteiger partial charge in [0.15, 0.2) is 0 Å². The fraction of sp³-hybridized carbons (Fsp3) is 0.0714. The highest BCUT2D eigenvalue weighted by atomic mass is 19.1. The van der Waals surface area contributed by atoms with E-state index in [1.165, 1.54) is 12.1 Å². The largest absolute Gasteiger partial charge is 0.398 e. The zero-order valence-corrected chi connectivity index (χ0v) is 10.2. The second kappa shape index (κ2) is 4.05. The Kier molecular flexibility index (Phi) is 2.48. The predicted octanol–water partition coefficient (Wildman–Crippen LogP) is 3.17. The van der Waals surface area contributed by atoms with Gasteiger partial charge in [0.05, 0.1) is 5.69 Å². The van der Waals surface area contributed by atoms with Crippen LogP contribution in [0.2, 0.25) is 0 Å². The maximum Gasteiger partial charge on any atom is 0.140 e. The van der Waals surface area contributed by atoms with Crippen LogP contribution in [-0.2, 0) is 0 Å². The van der Waals surface area contributed by atoms with Crippen molar-refractivity contribution in [2.45, 2.75) is 6.92 Å². The number of aryl methyl sites for hydroxylation is 1. The number of hydrogen-bond acceptors (Lipinski definition) is 2. The maximum atomic E-state index is 13.2. The Morgan fingerprint density at radius 3 is 2.42 bits per heavy atom. The van der Waals surface area contributed by atoms with Gasteiger partial charge >= 0.3 is 0 Å². The smallest absolute Gasteiger partial charge is 0.140 e. The van der Waals surface area contributed by atoms with Crippen molar-refractivity contribution in [3.63, 3.8) is 0 Å². The highest BCUT2D eigenvalue weighted by Crippen LogP contribution is 2.23. The molecule has 96 valence electrons. The summed E-state index contributed by atoms with van der Waals surface area (Å²) < 4.78 is 28.2. The summed E-state index contributed by atoms with van der Waals surface area (Å²) >= 11 is 0. The van der Waals surface area contributed by atoms with Gasteiger partial charge in [0, 0.05) is 29.7 Å². The van der Waals surface area contributed by atoms with Crippen LogP contribution in [0.4, 0.5) is 14.5 Å². The number of fused-ring (bicyclic) bond motifs is 1. The van der Waals surface area contributed by atoms with E-state index >= 15 is 0 Å². The van der Waals surface area contributed by atoms with Gasteiger partial charge in [-0.1, -0.05) is 0 Å². The van der Waals surface area contributed by atoms with E-state index in [1.807, 2.05) is 6.92 Å². The van der Waals surface area contributed by atoms with E-state index in [9.17, 15) is 8.78 Å². The zero-order chi connectivity index (χ0) is 13.6. The number of nitrogens with two attached hydrogens (primary N) is 1. The summed E-state index contributed by atoms with van der Waals surface area (Å²) in [7, 11) is 0. The van der Waals surface area contributed by atoms with Crippen LogP contribution in [-0.4, -0.2) is 9.38 Å². The van der Waals surface area contributed by atoms with Crippen LogP contribution in [0.1, 0.15) is 5.56 Å². The Balaban J connectivity index is 2.23. The summed E-state index contributed by atoms with van der Waals surface area (Å²) in [6.07, 6.45) is 3.42. The Morgan fingerprint density at radius 1 is 1.05 bits per heavy atom. The average molecular weight is 259 g/mol. The summed E-state index contributed by atoms with van der Waals surface area (Å²) in [5.41, 5.74) is 8.89. The van der Waals surface area contributed by atoms with Crippen LogP contribution < -0.4 is 5.73 Å². The lowest BCUT2D eigenvalue weighted by atomic mass is 10.1. The third-order valence-electron chi connectivity index (χ3n) is 2.91. The first kappa shape index (κ1) is 11.6. The van der Waals surface area contributed by atoms with Crippen LogP contribution >= 0.6 is 0 Å². The van der Waals surface area contributed by atoms with E-state index in [-0.39, 0.29) is 0 Å². The van der Waals surface area contributed by atoms with Gasteiger partial charge in [-0.05, 0) is 30.7 Å². The van der Waals surface area contributed by atoms with E-state index < -0.39 is 11.6 Å². The van der Waals surface area contributed by atoms with E-state index in [0.29, 0.717) is 22.6 Å². The van der Waals surface area contributed by atoms with Crippen molar-refractivity contribution in [2.24, 2.45) is 0 Å². The molecule has 0 aliphatic rings. The summed E-state index contributed by atoms with van der Waals surface area (Å²) in [5.74, 6) is -1.24. The van der Waals surface area contributed by atoms with Gasteiger partial charge in [0.25, 0.3) is 0 Å². The first-order valence-electron chi connectivity index (χ1n) is 5.74. The number of aromatic nitrogens is 2. The highest BCUT2D eigenvalue weighted by Gasteiger charge is 2.09. The van der Waals surface area contributed by atoms with Crippen molar-refractivity contribution < 1.29 is 8.78 Å². The van der Waals surface area contributed by atoms with E-state index in [2.05, 4.69) is 4.98 Å². The monoisotopic (exact) mass is 259 g/mol. The lowest BCUT2D eigenvalue weighted by molar-refractivity contribution is 0.584. The van der Waals surface area contributed by atoms with Crippen molar-refractivity contribution in [2.75, 3.05) is 5.73 Å². The minimum absolute atomic E-state index is 0.402. The molecule has 5 heteroatoms. The molecule has 19 heavy (non-hydrogen) atoms. The SMILES string of the molecule is Cc1cc(N)cn2cc(-c3cc(F)cc(F)c3)nc12. The molecule has 2 aromatic heterocycles. The van der Waals surface area contributed by atoms with Crippen LogP contribution in [0.25, 0.3) is 16.9 Å². The number of imidazole rings is 1. The molecule has 0 aliphatic heterocycles. The molecule has 2 N–H and O–H groups in total. The molecule has 0 saturated heterocycles. The highest BCUT2D eigenvalue weighted by molar-refractivity contribution is 5.65. The number of anilines is 1. The Morgan fingerprint density at radius 2 is 1.74 bits per heavy atom. The molecule has 0 unspecified atom stereocenters. The van der Waals surface area contributed by atoms with Gasteiger partial charge in [-0.15, -0.1) is 0 Å². The van der Waals surface area contributed by atoms with Crippen LogP contribution in [0.5, 0.6) is 0 Å². The van der Waals surface area contributed by atoms with Crippen molar-refractivity contribution in [1.29, 1.82) is 0 Å². The number of benzene rings is 1. The van der Waals surface area contributed by atoms with E-state index in [4.69, 9.17) is 5.73 Å². The van der Waals surface area contributed by atoms with Crippen molar-refractivity contribution in [3.8, 4) is 11.3 Å². The molecule has 0 aliphatic carbocycles. The molecule has 0 saturated carbocycles. The Bertz CT molecular complexity index is 757. The summed E-state index contributed by atoms with van der Waals surface area (Å²) in [4.78, 5) is 4.38. The van der Waals surface area contributed by atoms with Gasteiger partial charge in [-0.3, -0.25) is 0 Å². The molecular formula is C14H11F2N3. The van der Waals surface area contributed by atoms with Gasteiger partial charge in [0.2, 0.25) is 0 Å². The van der Waals surface area contributed by atoms with Gasteiger partial charge < -0.3 is 10.1 Å². The number of halogens is 2. The normalized spacial score (nSPS) is 11.1. The van der Waals surface area contributed by atoms with Crippen molar-refractivity contribution in [3.05, 3.63) is 53.9 Å². The topological polar surface area (TPSA) is 43.3 Å². The lowest BCUT2D eigenvalue weighted by Crippen LogP contribution is -1.92. The number of hydrogen-bond donors (Lipinski definition) is 1. The first-order chi connectivity index (χ1) is 9.02. The fourth-order valence-electron chi connectivity index (χ4n) is 2.14. The second-order valence-corrected chi connectivity index (χ2v) is 4.47.